The number of aliphatic hydroxyl groups is 2. The molecule has 0 aliphatic carbocycles. The van der Waals surface area contributed by atoms with Gasteiger partial charge in [-0.05, 0) is 77.0 Å². The molecule has 0 rings (SSSR count). The summed E-state index contributed by atoms with van der Waals surface area (Å²) in [6, 6.07) is -0.561. The number of hydrogen-bond donors (Lipinski definition) is 3. The highest BCUT2D eigenvalue weighted by Crippen LogP contribution is 2.17. The number of rotatable bonds is 50. The molecule has 6 heteroatoms. The van der Waals surface area contributed by atoms with Crippen LogP contribution >= 0.6 is 0 Å². The van der Waals surface area contributed by atoms with Gasteiger partial charge in [0.05, 0.1) is 25.4 Å². The van der Waals surface area contributed by atoms with Crippen LogP contribution < -0.4 is 5.32 Å². The zero-order valence-corrected chi connectivity index (χ0v) is 40.9. The zero-order valence-electron chi connectivity index (χ0n) is 40.9. The molecule has 2 atom stereocenters. The van der Waals surface area contributed by atoms with Crippen LogP contribution in [0, 0.1) is 0 Å². The standard InChI is InChI=1S/C55H105NO5/c1-3-5-7-9-11-13-15-16-17-18-19-20-21-22-23-24-28-31-35-39-43-47-53(58)52(51-57)56-54(59)48-44-40-36-32-29-25-26-30-34-38-42-46-50-61-55(60)49-45-41-37-33-27-14-12-10-8-6-4-2/h10,12,26,30,52-53,57-58H,3-9,11,13-25,27-29,31-51H2,1-2H3,(H,56,59)/b12-10-,30-26-. The Labute approximate surface area is 380 Å². The van der Waals surface area contributed by atoms with E-state index in [9.17, 15) is 19.8 Å². The Kier molecular flexibility index (Phi) is 49.6. The van der Waals surface area contributed by atoms with Crippen LogP contribution in [0.4, 0.5) is 0 Å². The summed E-state index contributed by atoms with van der Waals surface area (Å²) in [6.45, 7) is 4.86. The van der Waals surface area contributed by atoms with Crippen molar-refractivity contribution in [3.8, 4) is 0 Å². The number of amides is 1. The molecule has 61 heavy (non-hydrogen) atoms. The first kappa shape index (κ1) is 59.3. The second-order valence-electron chi connectivity index (χ2n) is 18.6. The lowest BCUT2D eigenvalue weighted by molar-refractivity contribution is -0.143. The van der Waals surface area contributed by atoms with E-state index in [0.717, 1.165) is 77.0 Å². The Bertz CT molecular complexity index is 951. The summed E-state index contributed by atoms with van der Waals surface area (Å²) in [5.41, 5.74) is 0. The van der Waals surface area contributed by atoms with Gasteiger partial charge in [0, 0.05) is 12.8 Å². The van der Waals surface area contributed by atoms with Crippen molar-refractivity contribution in [3.63, 3.8) is 0 Å². The highest BCUT2D eigenvalue weighted by atomic mass is 16.5. The Balaban J connectivity index is 3.51. The number of allylic oxidation sites excluding steroid dienone is 4. The van der Waals surface area contributed by atoms with Crippen LogP contribution in [0.3, 0.4) is 0 Å². The van der Waals surface area contributed by atoms with Crippen molar-refractivity contribution in [2.75, 3.05) is 13.2 Å². The highest BCUT2D eigenvalue weighted by Gasteiger charge is 2.20. The lowest BCUT2D eigenvalue weighted by atomic mass is 10.0. The second-order valence-corrected chi connectivity index (χ2v) is 18.6. The van der Waals surface area contributed by atoms with Gasteiger partial charge in [-0.25, -0.2) is 0 Å². The van der Waals surface area contributed by atoms with Crippen molar-refractivity contribution in [1.29, 1.82) is 0 Å². The summed E-state index contributed by atoms with van der Waals surface area (Å²) >= 11 is 0. The number of ether oxygens (including phenoxy) is 1. The normalized spacial score (nSPS) is 12.8. The molecular formula is C55H105NO5. The van der Waals surface area contributed by atoms with Crippen LogP contribution in [0.1, 0.15) is 290 Å². The monoisotopic (exact) mass is 860 g/mol. The van der Waals surface area contributed by atoms with Gasteiger partial charge in [0.15, 0.2) is 0 Å². The van der Waals surface area contributed by atoms with Crippen LogP contribution in [0.5, 0.6) is 0 Å². The molecule has 0 aliphatic rings. The van der Waals surface area contributed by atoms with E-state index in [4.69, 9.17) is 4.74 Å². The van der Waals surface area contributed by atoms with Crippen LogP contribution in [0.25, 0.3) is 0 Å². The first-order chi connectivity index (χ1) is 30.0. The maximum absolute atomic E-state index is 12.5. The van der Waals surface area contributed by atoms with Crippen LogP contribution in [-0.4, -0.2) is 47.4 Å². The van der Waals surface area contributed by atoms with Gasteiger partial charge in [0.2, 0.25) is 5.91 Å². The summed E-state index contributed by atoms with van der Waals surface area (Å²) < 4.78 is 5.42. The number of hydrogen-bond acceptors (Lipinski definition) is 5. The van der Waals surface area contributed by atoms with Gasteiger partial charge in [-0.1, -0.05) is 224 Å². The fraction of sp³-hybridized carbons (Fsp3) is 0.891. The van der Waals surface area contributed by atoms with E-state index in [1.165, 1.54) is 180 Å². The Hall–Kier alpha value is -1.66. The number of carbonyl (C=O) groups excluding carboxylic acids is 2. The largest absolute Gasteiger partial charge is 0.466 e. The van der Waals surface area contributed by atoms with Crippen molar-refractivity contribution >= 4 is 11.9 Å². The summed E-state index contributed by atoms with van der Waals surface area (Å²) in [5, 5.41) is 23.3. The summed E-state index contributed by atoms with van der Waals surface area (Å²) in [4.78, 5) is 24.4. The molecule has 2 unspecified atom stereocenters. The predicted molar refractivity (Wildman–Crippen MR) is 264 cm³/mol. The quantitative estimate of drug-likeness (QED) is 0.0322. The molecule has 0 aromatic carbocycles. The topological polar surface area (TPSA) is 95.9 Å². The van der Waals surface area contributed by atoms with E-state index in [-0.39, 0.29) is 18.5 Å². The number of unbranched alkanes of at least 4 members (excludes halogenated alkanes) is 35. The van der Waals surface area contributed by atoms with Crippen LogP contribution in [-0.2, 0) is 14.3 Å². The van der Waals surface area contributed by atoms with Gasteiger partial charge in [-0.15, -0.1) is 0 Å². The van der Waals surface area contributed by atoms with E-state index in [1.807, 2.05) is 0 Å². The summed E-state index contributed by atoms with van der Waals surface area (Å²) in [5.74, 6) is -0.0928. The molecule has 0 fully saturated rings. The third kappa shape index (κ3) is 47.7. The molecule has 0 saturated heterocycles. The fourth-order valence-corrected chi connectivity index (χ4v) is 8.26. The van der Waals surface area contributed by atoms with Crippen molar-refractivity contribution < 1.29 is 24.5 Å². The molecule has 0 bridgehead atoms. The first-order valence-corrected chi connectivity index (χ1v) is 27.1. The number of aliphatic hydroxyl groups excluding tert-OH is 2. The SMILES string of the molecule is CCCC/C=C\CCCCCCCC(=O)OCCCCC/C=C\CCCCCCCC(=O)NC(CO)C(O)CCCCCCCCCCCCCCCCCCCCCCC. The van der Waals surface area contributed by atoms with E-state index < -0.39 is 12.1 Å². The van der Waals surface area contributed by atoms with Gasteiger partial charge in [0.25, 0.3) is 0 Å². The predicted octanol–water partition coefficient (Wildman–Crippen LogP) is 16.3. The molecule has 0 heterocycles. The average molecular weight is 860 g/mol. The third-order valence-corrected chi connectivity index (χ3v) is 12.5. The Morgan fingerprint density at radius 2 is 0.787 bits per heavy atom. The first-order valence-electron chi connectivity index (χ1n) is 27.1. The molecule has 0 saturated carbocycles. The second kappa shape index (κ2) is 51.0. The maximum atomic E-state index is 12.5. The van der Waals surface area contributed by atoms with Crippen molar-refractivity contribution in [3.05, 3.63) is 24.3 Å². The molecular weight excluding hydrogens is 755 g/mol. The van der Waals surface area contributed by atoms with E-state index in [0.29, 0.717) is 25.9 Å². The van der Waals surface area contributed by atoms with Gasteiger partial charge >= 0.3 is 5.97 Å². The lowest BCUT2D eigenvalue weighted by Crippen LogP contribution is -2.45. The van der Waals surface area contributed by atoms with Crippen LogP contribution in [0.15, 0.2) is 24.3 Å². The van der Waals surface area contributed by atoms with Gasteiger partial charge < -0.3 is 20.3 Å². The average Bonchev–Trinajstić information content (AvgIpc) is 3.26. The van der Waals surface area contributed by atoms with E-state index in [2.05, 4.69) is 43.5 Å². The molecule has 3 N–H and O–H groups in total. The fourth-order valence-electron chi connectivity index (χ4n) is 8.26. The van der Waals surface area contributed by atoms with E-state index >= 15 is 0 Å². The number of esters is 1. The van der Waals surface area contributed by atoms with Gasteiger partial charge in [0.1, 0.15) is 0 Å². The summed E-state index contributed by atoms with van der Waals surface area (Å²) in [6.07, 6.45) is 60.1. The van der Waals surface area contributed by atoms with Gasteiger partial charge in [-0.2, -0.15) is 0 Å². The molecule has 0 aromatic rings. The third-order valence-electron chi connectivity index (χ3n) is 12.5. The molecule has 0 aromatic heterocycles. The van der Waals surface area contributed by atoms with Crippen molar-refractivity contribution in [1.82, 2.24) is 5.32 Å². The maximum Gasteiger partial charge on any atom is 0.305 e. The van der Waals surface area contributed by atoms with Gasteiger partial charge in [-0.3, -0.25) is 9.59 Å². The van der Waals surface area contributed by atoms with E-state index in [1.54, 1.807) is 0 Å². The minimum Gasteiger partial charge on any atom is -0.466 e. The minimum absolute atomic E-state index is 0.0335. The zero-order chi connectivity index (χ0) is 44.4. The van der Waals surface area contributed by atoms with Crippen molar-refractivity contribution in [2.24, 2.45) is 0 Å². The Morgan fingerprint density at radius 3 is 1.21 bits per heavy atom. The molecule has 0 spiro atoms. The smallest absolute Gasteiger partial charge is 0.305 e. The highest BCUT2D eigenvalue weighted by molar-refractivity contribution is 5.76. The number of carbonyl (C=O) groups is 2. The Morgan fingerprint density at radius 1 is 0.443 bits per heavy atom. The lowest BCUT2D eigenvalue weighted by Gasteiger charge is -2.22. The molecule has 6 nitrogen and oxygen atoms in total. The minimum atomic E-state index is -0.681. The van der Waals surface area contributed by atoms with Crippen LogP contribution in [0.2, 0.25) is 0 Å². The number of nitrogens with one attached hydrogen (secondary N) is 1. The molecule has 1 amide bonds. The summed E-state index contributed by atoms with van der Waals surface area (Å²) in [7, 11) is 0. The molecule has 0 radical (unpaired) electrons. The molecule has 0 aliphatic heterocycles. The molecule has 360 valence electrons. The van der Waals surface area contributed by atoms with Crippen molar-refractivity contribution in [2.45, 2.75) is 302 Å².